The van der Waals surface area contributed by atoms with E-state index in [-0.39, 0.29) is 18.4 Å². The summed E-state index contributed by atoms with van der Waals surface area (Å²) in [6.07, 6.45) is 1.77. The Morgan fingerprint density at radius 2 is 1.89 bits per heavy atom. The number of amides is 2. The van der Waals surface area contributed by atoms with Crippen molar-refractivity contribution < 1.29 is 28.6 Å². The van der Waals surface area contributed by atoms with E-state index in [1.807, 2.05) is 0 Å². The third-order valence-corrected chi connectivity index (χ3v) is 6.44. The zero-order chi connectivity index (χ0) is 24.8. The number of thioether (sulfide) groups is 1. The second-order valence-electron chi connectivity index (χ2n) is 7.76. The zero-order valence-corrected chi connectivity index (χ0v) is 20.2. The van der Waals surface area contributed by atoms with Gasteiger partial charge in [0.1, 0.15) is 5.75 Å². The van der Waals surface area contributed by atoms with E-state index in [4.69, 9.17) is 9.47 Å². The number of aliphatic imine (C=N–C) groups is 1. The van der Waals surface area contributed by atoms with Crippen LogP contribution in [0.15, 0.2) is 58.4 Å². The van der Waals surface area contributed by atoms with E-state index >= 15 is 0 Å². The number of morpholine rings is 1. The predicted octanol–water partition coefficient (Wildman–Crippen LogP) is 2.94. The second-order valence-corrected chi connectivity index (χ2v) is 8.77. The summed E-state index contributed by atoms with van der Waals surface area (Å²) in [5.74, 6) is -0.164. The van der Waals surface area contributed by atoms with Crippen LogP contribution in [-0.2, 0) is 19.1 Å². The number of nitrogens with zero attached hydrogens (tertiary/aromatic N) is 3. The number of benzene rings is 2. The summed E-state index contributed by atoms with van der Waals surface area (Å²) in [4.78, 5) is 45.2. The smallest absolute Gasteiger partial charge is 0.343 e. The lowest BCUT2D eigenvalue weighted by molar-refractivity contribution is -0.142. The number of carbonyl (C=O) groups is 3. The van der Waals surface area contributed by atoms with Crippen molar-refractivity contribution >= 4 is 46.5 Å². The SMILES string of the molecule is COC(=O)COc1ccc(/C=C2/SC(=Nc3cccc(C(=O)N4CCOCC4)c3)N(C)C2=O)cc1. The summed E-state index contributed by atoms with van der Waals surface area (Å²) >= 11 is 1.26. The molecular formula is C25H25N3O6S. The molecule has 2 amide bonds. The maximum Gasteiger partial charge on any atom is 0.343 e. The van der Waals surface area contributed by atoms with Crippen molar-refractivity contribution in [1.29, 1.82) is 0 Å². The van der Waals surface area contributed by atoms with Crippen LogP contribution in [0.1, 0.15) is 15.9 Å². The minimum atomic E-state index is -0.463. The number of rotatable bonds is 6. The van der Waals surface area contributed by atoms with Crippen molar-refractivity contribution in [3.8, 4) is 5.75 Å². The van der Waals surface area contributed by atoms with Gasteiger partial charge in [-0.15, -0.1) is 0 Å². The second kappa shape index (κ2) is 11.2. The van der Waals surface area contributed by atoms with Crippen molar-refractivity contribution in [3.63, 3.8) is 0 Å². The van der Waals surface area contributed by atoms with E-state index < -0.39 is 5.97 Å². The largest absolute Gasteiger partial charge is 0.482 e. The van der Waals surface area contributed by atoms with Gasteiger partial charge in [-0.1, -0.05) is 18.2 Å². The number of amidine groups is 1. The fourth-order valence-electron chi connectivity index (χ4n) is 3.43. The van der Waals surface area contributed by atoms with Gasteiger partial charge in [0, 0.05) is 25.7 Å². The quantitative estimate of drug-likeness (QED) is 0.449. The summed E-state index contributed by atoms with van der Waals surface area (Å²) < 4.78 is 15.2. The number of likely N-dealkylation sites (N-methyl/N-ethyl adjacent to an activating group) is 1. The molecular weight excluding hydrogens is 470 g/mol. The van der Waals surface area contributed by atoms with Gasteiger partial charge in [0.2, 0.25) is 0 Å². The Bertz CT molecular complexity index is 1170. The lowest BCUT2D eigenvalue weighted by Gasteiger charge is -2.26. The van der Waals surface area contributed by atoms with Gasteiger partial charge >= 0.3 is 5.97 Å². The molecule has 182 valence electrons. The van der Waals surface area contributed by atoms with Crippen LogP contribution in [-0.4, -0.2) is 79.8 Å². The van der Waals surface area contributed by atoms with Gasteiger partial charge in [-0.2, -0.15) is 0 Å². The predicted molar refractivity (Wildman–Crippen MR) is 133 cm³/mol. The molecule has 2 heterocycles. The minimum Gasteiger partial charge on any atom is -0.482 e. The summed E-state index contributed by atoms with van der Waals surface area (Å²) in [7, 11) is 2.97. The molecule has 2 aromatic carbocycles. The van der Waals surface area contributed by atoms with E-state index in [1.165, 1.54) is 23.8 Å². The van der Waals surface area contributed by atoms with Gasteiger partial charge in [0.15, 0.2) is 11.8 Å². The molecule has 0 atom stereocenters. The van der Waals surface area contributed by atoms with Crippen molar-refractivity contribution in [2.45, 2.75) is 0 Å². The maximum atomic E-state index is 12.8. The summed E-state index contributed by atoms with van der Waals surface area (Å²) in [5.41, 5.74) is 1.95. The van der Waals surface area contributed by atoms with Crippen LogP contribution >= 0.6 is 11.8 Å². The summed E-state index contributed by atoms with van der Waals surface area (Å²) in [6, 6.07) is 14.1. The van der Waals surface area contributed by atoms with Gasteiger partial charge in [0.25, 0.3) is 11.8 Å². The molecule has 0 saturated carbocycles. The fraction of sp³-hybridized carbons (Fsp3) is 0.280. The molecule has 0 spiro atoms. The molecule has 0 bridgehead atoms. The van der Waals surface area contributed by atoms with Crippen LogP contribution in [0.2, 0.25) is 0 Å². The Labute approximate surface area is 207 Å². The normalized spacial score (nSPS) is 18.3. The van der Waals surface area contributed by atoms with Gasteiger partial charge in [-0.25, -0.2) is 9.79 Å². The molecule has 2 saturated heterocycles. The average molecular weight is 496 g/mol. The first kappa shape index (κ1) is 24.5. The number of hydrogen-bond donors (Lipinski definition) is 0. The lowest BCUT2D eigenvalue weighted by Crippen LogP contribution is -2.40. The van der Waals surface area contributed by atoms with Crippen molar-refractivity contribution in [3.05, 3.63) is 64.6 Å². The van der Waals surface area contributed by atoms with Crippen molar-refractivity contribution in [1.82, 2.24) is 9.80 Å². The molecule has 2 aliphatic rings. The van der Waals surface area contributed by atoms with Gasteiger partial charge in [0.05, 0.1) is 30.9 Å². The highest BCUT2D eigenvalue weighted by atomic mass is 32.2. The topological polar surface area (TPSA) is 97.7 Å². The molecule has 0 N–H and O–H groups in total. The van der Waals surface area contributed by atoms with Gasteiger partial charge < -0.3 is 19.1 Å². The Hall–Kier alpha value is -3.63. The van der Waals surface area contributed by atoms with E-state index in [0.717, 1.165) is 5.56 Å². The maximum absolute atomic E-state index is 12.8. The van der Waals surface area contributed by atoms with Crippen LogP contribution in [0, 0.1) is 0 Å². The zero-order valence-electron chi connectivity index (χ0n) is 19.4. The molecule has 0 unspecified atom stereocenters. The van der Waals surface area contributed by atoms with Crippen LogP contribution < -0.4 is 4.74 Å². The first-order chi connectivity index (χ1) is 16.9. The lowest BCUT2D eigenvalue weighted by atomic mass is 10.1. The van der Waals surface area contributed by atoms with Crippen LogP contribution in [0.5, 0.6) is 5.75 Å². The molecule has 35 heavy (non-hydrogen) atoms. The highest BCUT2D eigenvalue weighted by molar-refractivity contribution is 8.18. The number of esters is 1. The van der Waals surface area contributed by atoms with Crippen molar-refractivity contribution in [2.75, 3.05) is 47.1 Å². The summed E-state index contributed by atoms with van der Waals surface area (Å²) in [6.45, 7) is 2.04. The molecule has 2 aromatic rings. The Kier molecular flexibility index (Phi) is 7.84. The molecule has 0 aromatic heterocycles. The first-order valence-corrected chi connectivity index (χ1v) is 11.8. The molecule has 9 nitrogen and oxygen atoms in total. The first-order valence-electron chi connectivity index (χ1n) is 11.0. The standard InChI is InChI=1S/C25H25N3O6S/c1-27-24(31)21(14-17-6-8-20(9-7-17)34-16-22(29)32-2)35-25(27)26-19-5-3-4-18(15-19)23(30)28-10-12-33-13-11-28/h3-9,14-15H,10-13,16H2,1-2H3/b21-14+,26-25?. The molecule has 0 aliphatic carbocycles. The van der Waals surface area contributed by atoms with Crippen molar-refractivity contribution in [2.24, 2.45) is 4.99 Å². The van der Waals surface area contributed by atoms with E-state index in [9.17, 15) is 14.4 Å². The Balaban J connectivity index is 1.46. The molecule has 10 heteroatoms. The minimum absolute atomic E-state index is 0.0570. The number of methoxy groups -OCH3 is 1. The van der Waals surface area contributed by atoms with Crippen LogP contribution in [0.4, 0.5) is 5.69 Å². The van der Waals surface area contributed by atoms with Crippen LogP contribution in [0.3, 0.4) is 0 Å². The van der Waals surface area contributed by atoms with E-state index in [2.05, 4.69) is 9.73 Å². The Morgan fingerprint density at radius 3 is 2.60 bits per heavy atom. The fourth-order valence-corrected chi connectivity index (χ4v) is 4.42. The third kappa shape index (κ3) is 6.09. The summed E-state index contributed by atoms with van der Waals surface area (Å²) in [5, 5.41) is 0.523. The molecule has 4 rings (SSSR count). The molecule has 0 radical (unpaired) electrons. The average Bonchev–Trinajstić information content (AvgIpc) is 3.15. The van der Waals surface area contributed by atoms with Gasteiger partial charge in [-0.05, 0) is 53.7 Å². The van der Waals surface area contributed by atoms with Crippen LogP contribution in [0.25, 0.3) is 6.08 Å². The highest BCUT2D eigenvalue weighted by Crippen LogP contribution is 2.33. The van der Waals surface area contributed by atoms with E-state index in [0.29, 0.717) is 53.4 Å². The Morgan fingerprint density at radius 1 is 1.14 bits per heavy atom. The molecule has 2 fully saturated rings. The number of carbonyl (C=O) groups excluding carboxylic acids is 3. The highest BCUT2D eigenvalue weighted by Gasteiger charge is 2.30. The van der Waals surface area contributed by atoms with E-state index in [1.54, 1.807) is 66.6 Å². The van der Waals surface area contributed by atoms with Gasteiger partial charge in [-0.3, -0.25) is 14.5 Å². The number of ether oxygens (including phenoxy) is 3. The monoisotopic (exact) mass is 495 g/mol. The third-order valence-electron chi connectivity index (χ3n) is 5.38. The number of hydrogen-bond acceptors (Lipinski definition) is 8. The molecule has 2 aliphatic heterocycles.